The summed E-state index contributed by atoms with van der Waals surface area (Å²) in [6.45, 7) is 6.30. The summed E-state index contributed by atoms with van der Waals surface area (Å²) >= 11 is 4.29. The van der Waals surface area contributed by atoms with E-state index in [4.69, 9.17) is 0 Å². The molecule has 60 valence electrons. The Morgan fingerprint density at radius 1 is 1.70 bits per heavy atom. The summed E-state index contributed by atoms with van der Waals surface area (Å²) in [5.74, 6) is 0. The Morgan fingerprint density at radius 2 is 2.20 bits per heavy atom. The van der Waals surface area contributed by atoms with Gasteiger partial charge in [0.05, 0.1) is 0 Å². The molecule has 0 radical (unpaired) electrons. The molecule has 0 rings (SSSR count). The summed E-state index contributed by atoms with van der Waals surface area (Å²) in [5, 5.41) is 0. The maximum Gasteiger partial charge on any atom is 0.293 e. The summed E-state index contributed by atoms with van der Waals surface area (Å²) in [6, 6.07) is 0. The van der Waals surface area contributed by atoms with Gasteiger partial charge in [0.25, 0.3) is 6.47 Å². The Hall–Kier alpha value is -0.180. The Bertz CT molecular complexity index is 107. The Morgan fingerprint density at radius 3 is 2.50 bits per heavy atom. The van der Waals surface area contributed by atoms with E-state index in [0.29, 0.717) is 6.47 Å². The molecular formula is C7H14O2S. The topological polar surface area (TPSA) is 26.3 Å². The summed E-state index contributed by atoms with van der Waals surface area (Å²) in [4.78, 5) is 9.85. The molecule has 10 heavy (non-hydrogen) atoms. The SMILES string of the molecule is CC(CC(C)(C)S)OC=O. The van der Waals surface area contributed by atoms with Gasteiger partial charge in [-0.2, -0.15) is 12.6 Å². The monoisotopic (exact) mass is 162 g/mol. The molecule has 1 atom stereocenters. The van der Waals surface area contributed by atoms with Crippen LogP contribution in [0.3, 0.4) is 0 Å². The van der Waals surface area contributed by atoms with Gasteiger partial charge >= 0.3 is 0 Å². The van der Waals surface area contributed by atoms with Crippen LogP contribution in [0.4, 0.5) is 0 Å². The molecule has 0 aromatic rings. The molecule has 0 bridgehead atoms. The van der Waals surface area contributed by atoms with Crippen molar-refractivity contribution < 1.29 is 9.53 Å². The summed E-state index contributed by atoms with van der Waals surface area (Å²) < 4.78 is 4.62. The average Bonchev–Trinajstić information content (AvgIpc) is 1.59. The van der Waals surface area contributed by atoms with Gasteiger partial charge in [-0.25, -0.2) is 0 Å². The van der Waals surface area contributed by atoms with Gasteiger partial charge in [0.15, 0.2) is 0 Å². The molecule has 0 spiro atoms. The van der Waals surface area contributed by atoms with Crippen LogP contribution in [0.15, 0.2) is 0 Å². The van der Waals surface area contributed by atoms with Gasteiger partial charge in [-0.15, -0.1) is 0 Å². The summed E-state index contributed by atoms with van der Waals surface area (Å²) in [5.41, 5.74) is 0. The molecule has 0 saturated heterocycles. The first kappa shape index (κ1) is 9.82. The van der Waals surface area contributed by atoms with Crippen molar-refractivity contribution in [2.45, 2.75) is 38.0 Å². The van der Waals surface area contributed by atoms with Crippen LogP contribution in [-0.4, -0.2) is 17.3 Å². The Balaban J connectivity index is 3.56. The summed E-state index contributed by atoms with van der Waals surface area (Å²) in [7, 11) is 0. The second-order valence-electron chi connectivity index (χ2n) is 3.06. The zero-order valence-electron chi connectivity index (χ0n) is 6.63. The van der Waals surface area contributed by atoms with Crippen LogP contribution in [-0.2, 0) is 9.53 Å². The first-order chi connectivity index (χ1) is 4.45. The van der Waals surface area contributed by atoms with E-state index in [0.717, 1.165) is 6.42 Å². The highest BCUT2D eigenvalue weighted by Gasteiger charge is 2.16. The van der Waals surface area contributed by atoms with E-state index in [1.165, 1.54) is 0 Å². The maximum absolute atomic E-state index is 9.85. The molecule has 0 aliphatic rings. The number of rotatable bonds is 4. The van der Waals surface area contributed by atoms with Crippen LogP contribution in [0.5, 0.6) is 0 Å². The Labute approximate surface area is 67.4 Å². The molecule has 0 amide bonds. The maximum atomic E-state index is 9.85. The fourth-order valence-corrected chi connectivity index (χ4v) is 1.10. The minimum absolute atomic E-state index is 0.0370. The lowest BCUT2D eigenvalue weighted by Gasteiger charge is -2.20. The third kappa shape index (κ3) is 5.95. The molecular weight excluding hydrogens is 148 g/mol. The fraction of sp³-hybridized carbons (Fsp3) is 0.857. The van der Waals surface area contributed by atoms with Crippen LogP contribution >= 0.6 is 12.6 Å². The van der Waals surface area contributed by atoms with Crippen molar-refractivity contribution in [1.82, 2.24) is 0 Å². The second kappa shape index (κ2) is 3.86. The van der Waals surface area contributed by atoms with Gasteiger partial charge in [0.2, 0.25) is 0 Å². The van der Waals surface area contributed by atoms with Crippen molar-refractivity contribution in [1.29, 1.82) is 0 Å². The van der Waals surface area contributed by atoms with Gasteiger partial charge in [-0.1, -0.05) is 13.8 Å². The molecule has 0 aromatic heterocycles. The van der Waals surface area contributed by atoms with Crippen molar-refractivity contribution in [3.63, 3.8) is 0 Å². The van der Waals surface area contributed by atoms with E-state index in [2.05, 4.69) is 17.4 Å². The Kier molecular flexibility index (Phi) is 3.79. The number of hydrogen-bond acceptors (Lipinski definition) is 3. The van der Waals surface area contributed by atoms with E-state index < -0.39 is 0 Å². The normalized spacial score (nSPS) is 14.4. The molecule has 0 heterocycles. The average molecular weight is 162 g/mol. The van der Waals surface area contributed by atoms with Crippen LogP contribution < -0.4 is 0 Å². The van der Waals surface area contributed by atoms with Crippen molar-refractivity contribution in [3.05, 3.63) is 0 Å². The number of carbonyl (C=O) groups is 1. The number of hydrogen-bond donors (Lipinski definition) is 1. The van der Waals surface area contributed by atoms with Gasteiger partial charge < -0.3 is 4.74 Å². The van der Waals surface area contributed by atoms with Crippen molar-refractivity contribution in [2.24, 2.45) is 0 Å². The minimum Gasteiger partial charge on any atom is -0.465 e. The highest BCUT2D eigenvalue weighted by atomic mass is 32.1. The van der Waals surface area contributed by atoms with Gasteiger partial charge in [-0.05, 0) is 13.3 Å². The highest BCUT2D eigenvalue weighted by Crippen LogP contribution is 2.19. The fourth-order valence-electron chi connectivity index (χ4n) is 0.846. The van der Waals surface area contributed by atoms with Crippen molar-refractivity contribution >= 4 is 19.1 Å². The zero-order valence-corrected chi connectivity index (χ0v) is 7.52. The predicted octanol–water partition coefficient (Wildman–Crippen LogP) is 1.65. The number of thiol groups is 1. The molecule has 0 fully saturated rings. The van der Waals surface area contributed by atoms with Gasteiger partial charge in [0, 0.05) is 4.75 Å². The third-order valence-corrected chi connectivity index (χ3v) is 1.26. The molecule has 0 N–H and O–H groups in total. The number of ether oxygens (including phenoxy) is 1. The van der Waals surface area contributed by atoms with Gasteiger partial charge in [0.1, 0.15) is 6.10 Å². The zero-order chi connectivity index (χ0) is 8.20. The lowest BCUT2D eigenvalue weighted by Crippen LogP contribution is -2.20. The van der Waals surface area contributed by atoms with Gasteiger partial charge in [-0.3, -0.25) is 4.79 Å². The molecule has 3 heteroatoms. The highest BCUT2D eigenvalue weighted by molar-refractivity contribution is 7.81. The van der Waals surface area contributed by atoms with Crippen LogP contribution in [0, 0.1) is 0 Å². The van der Waals surface area contributed by atoms with Crippen molar-refractivity contribution in [2.75, 3.05) is 0 Å². The van der Waals surface area contributed by atoms with Crippen LogP contribution in [0.2, 0.25) is 0 Å². The largest absolute Gasteiger partial charge is 0.465 e. The predicted molar refractivity (Wildman–Crippen MR) is 44.3 cm³/mol. The standard InChI is InChI=1S/C7H14O2S/c1-6(9-5-8)4-7(2,3)10/h5-6,10H,4H2,1-3H3. The lowest BCUT2D eigenvalue weighted by atomic mass is 10.1. The quantitative estimate of drug-likeness (QED) is 0.502. The number of carbonyl (C=O) groups excluding carboxylic acids is 1. The third-order valence-electron chi connectivity index (χ3n) is 1.07. The van der Waals surface area contributed by atoms with Crippen molar-refractivity contribution in [3.8, 4) is 0 Å². The van der Waals surface area contributed by atoms with Crippen LogP contribution in [0.25, 0.3) is 0 Å². The molecule has 0 aliphatic carbocycles. The molecule has 2 nitrogen and oxygen atoms in total. The molecule has 0 saturated carbocycles. The molecule has 0 aliphatic heterocycles. The smallest absolute Gasteiger partial charge is 0.293 e. The van der Waals surface area contributed by atoms with E-state index in [9.17, 15) is 4.79 Å². The van der Waals surface area contributed by atoms with E-state index in [1.807, 2.05) is 20.8 Å². The van der Waals surface area contributed by atoms with E-state index >= 15 is 0 Å². The molecule has 1 unspecified atom stereocenters. The first-order valence-corrected chi connectivity index (χ1v) is 3.72. The van der Waals surface area contributed by atoms with Crippen LogP contribution in [0.1, 0.15) is 27.2 Å². The second-order valence-corrected chi connectivity index (χ2v) is 4.27. The van der Waals surface area contributed by atoms with E-state index in [1.54, 1.807) is 0 Å². The summed E-state index contributed by atoms with van der Waals surface area (Å²) in [6.07, 6.45) is 0.736. The first-order valence-electron chi connectivity index (χ1n) is 3.27. The van der Waals surface area contributed by atoms with E-state index in [-0.39, 0.29) is 10.9 Å². The minimum atomic E-state index is -0.0670. The lowest BCUT2D eigenvalue weighted by molar-refractivity contribution is -0.133. The molecule has 0 aromatic carbocycles.